The van der Waals surface area contributed by atoms with Gasteiger partial charge in [-0.15, -0.1) is 5.73 Å². The molecule has 0 nitrogen and oxygen atoms in total. The molecule has 0 bridgehead atoms. The smallest absolute Gasteiger partial charge is 0.0114 e. The van der Waals surface area contributed by atoms with Crippen LogP contribution in [-0.4, -0.2) is 0 Å². The number of fused-ring (bicyclic) bond motifs is 2. The fourth-order valence-electron chi connectivity index (χ4n) is 3.91. The molecule has 0 aromatic rings. The van der Waals surface area contributed by atoms with Gasteiger partial charge in [-0.3, -0.25) is 0 Å². The van der Waals surface area contributed by atoms with Crippen LogP contribution in [0.2, 0.25) is 0 Å². The molecule has 3 aliphatic carbocycles. The van der Waals surface area contributed by atoms with Gasteiger partial charge in [0, 0.05) is 11.3 Å². The first kappa shape index (κ1) is 11.8. The summed E-state index contributed by atoms with van der Waals surface area (Å²) >= 11 is 0. The van der Waals surface area contributed by atoms with Gasteiger partial charge in [-0.05, 0) is 49.8 Å². The summed E-state index contributed by atoms with van der Waals surface area (Å²) in [7, 11) is 0. The van der Waals surface area contributed by atoms with E-state index in [1.54, 1.807) is 16.7 Å². The van der Waals surface area contributed by atoms with E-state index >= 15 is 0 Å². The zero-order valence-electron chi connectivity index (χ0n) is 11.9. The van der Waals surface area contributed by atoms with Crippen molar-refractivity contribution in [3.05, 3.63) is 51.8 Å². The molecule has 0 amide bonds. The normalized spacial score (nSPS) is 29.1. The van der Waals surface area contributed by atoms with Gasteiger partial charge in [0.15, 0.2) is 0 Å². The van der Waals surface area contributed by atoms with Crippen LogP contribution in [0.5, 0.6) is 0 Å². The molecular formula is C18H22. The highest BCUT2D eigenvalue weighted by molar-refractivity contribution is 5.54. The Morgan fingerprint density at radius 2 is 2.06 bits per heavy atom. The molecule has 0 saturated carbocycles. The van der Waals surface area contributed by atoms with Gasteiger partial charge >= 0.3 is 0 Å². The van der Waals surface area contributed by atoms with Crippen molar-refractivity contribution in [2.24, 2.45) is 11.3 Å². The minimum atomic E-state index is 0.213. The summed E-state index contributed by atoms with van der Waals surface area (Å²) in [6, 6.07) is 0. The zero-order chi connectivity index (χ0) is 12.9. The Morgan fingerprint density at radius 3 is 2.83 bits per heavy atom. The first-order valence-electron chi connectivity index (χ1n) is 7.05. The van der Waals surface area contributed by atoms with Crippen molar-refractivity contribution in [2.45, 2.75) is 47.0 Å². The third kappa shape index (κ3) is 1.60. The van der Waals surface area contributed by atoms with Crippen molar-refractivity contribution >= 4 is 0 Å². The third-order valence-corrected chi connectivity index (χ3v) is 4.69. The van der Waals surface area contributed by atoms with Crippen molar-refractivity contribution < 1.29 is 0 Å². The lowest BCUT2D eigenvalue weighted by Crippen LogP contribution is -2.15. The van der Waals surface area contributed by atoms with Gasteiger partial charge in [-0.25, -0.2) is 0 Å². The molecule has 94 valence electrons. The second-order valence-corrected chi connectivity index (χ2v) is 6.45. The average molecular weight is 238 g/mol. The molecule has 0 aliphatic heterocycles. The molecule has 0 fully saturated rings. The summed E-state index contributed by atoms with van der Waals surface area (Å²) in [6.45, 7) is 9.18. The maximum Gasteiger partial charge on any atom is 0.0114 e. The van der Waals surface area contributed by atoms with Crippen LogP contribution in [0.15, 0.2) is 51.8 Å². The fourth-order valence-corrected chi connectivity index (χ4v) is 3.91. The summed E-state index contributed by atoms with van der Waals surface area (Å²) < 4.78 is 0. The quantitative estimate of drug-likeness (QED) is 0.514. The molecule has 1 unspecified atom stereocenters. The van der Waals surface area contributed by atoms with Crippen LogP contribution in [0.1, 0.15) is 47.0 Å². The van der Waals surface area contributed by atoms with E-state index in [0.717, 1.165) is 0 Å². The first-order chi connectivity index (χ1) is 8.50. The Bertz CT molecular complexity index is 555. The first-order valence-corrected chi connectivity index (χ1v) is 7.05. The van der Waals surface area contributed by atoms with Crippen molar-refractivity contribution in [1.82, 2.24) is 0 Å². The highest BCUT2D eigenvalue weighted by Crippen LogP contribution is 2.55. The Labute approximate surface area is 110 Å². The number of rotatable bonds is 0. The molecule has 0 N–H and O–H groups in total. The van der Waals surface area contributed by atoms with E-state index < -0.39 is 0 Å². The molecule has 0 spiro atoms. The number of hydrogen-bond acceptors (Lipinski definition) is 0. The van der Waals surface area contributed by atoms with Crippen LogP contribution in [0.3, 0.4) is 0 Å². The lowest BCUT2D eigenvalue weighted by molar-refractivity contribution is 0.528. The van der Waals surface area contributed by atoms with Gasteiger partial charge < -0.3 is 0 Å². The van der Waals surface area contributed by atoms with Crippen LogP contribution in [0.25, 0.3) is 0 Å². The van der Waals surface area contributed by atoms with E-state index in [4.69, 9.17) is 0 Å². The molecule has 3 rings (SSSR count). The zero-order valence-corrected chi connectivity index (χ0v) is 11.9. The van der Waals surface area contributed by atoms with Crippen LogP contribution < -0.4 is 0 Å². The SMILES string of the molecule is CC1=C=C(C)CC2C(=C1)C(C)(C)C1=C2CCC=C1. The van der Waals surface area contributed by atoms with Gasteiger partial charge in [-0.2, -0.15) is 0 Å². The summed E-state index contributed by atoms with van der Waals surface area (Å²) in [5.41, 5.74) is 11.3. The second-order valence-electron chi connectivity index (χ2n) is 6.45. The molecule has 18 heavy (non-hydrogen) atoms. The van der Waals surface area contributed by atoms with Crippen molar-refractivity contribution in [3.8, 4) is 0 Å². The van der Waals surface area contributed by atoms with E-state index in [2.05, 4.69) is 51.7 Å². The molecule has 3 aliphatic rings. The van der Waals surface area contributed by atoms with E-state index in [9.17, 15) is 0 Å². The van der Waals surface area contributed by atoms with Gasteiger partial charge in [-0.1, -0.05) is 43.2 Å². The highest BCUT2D eigenvalue weighted by Gasteiger charge is 2.42. The van der Waals surface area contributed by atoms with Crippen LogP contribution in [-0.2, 0) is 0 Å². The molecule has 0 aromatic heterocycles. The molecule has 0 heteroatoms. The monoisotopic (exact) mass is 238 g/mol. The van der Waals surface area contributed by atoms with Crippen LogP contribution in [0, 0.1) is 11.3 Å². The lowest BCUT2D eigenvalue weighted by atomic mass is 9.78. The van der Waals surface area contributed by atoms with Crippen molar-refractivity contribution in [3.63, 3.8) is 0 Å². The van der Waals surface area contributed by atoms with E-state index in [1.165, 1.54) is 30.4 Å². The highest BCUT2D eigenvalue weighted by atomic mass is 14.5. The second kappa shape index (κ2) is 3.87. The summed E-state index contributed by atoms with van der Waals surface area (Å²) in [6.07, 6.45) is 10.8. The number of allylic oxidation sites excluding steroid dienone is 7. The van der Waals surface area contributed by atoms with E-state index in [1.807, 2.05) is 0 Å². The van der Waals surface area contributed by atoms with E-state index in [0.29, 0.717) is 5.92 Å². The molecule has 0 radical (unpaired) electrons. The van der Waals surface area contributed by atoms with Gasteiger partial charge in [0.2, 0.25) is 0 Å². The summed E-state index contributed by atoms with van der Waals surface area (Å²) in [5.74, 6) is 0.643. The largest absolute Gasteiger partial charge is 0.119 e. The van der Waals surface area contributed by atoms with Gasteiger partial charge in [0.25, 0.3) is 0 Å². The lowest BCUT2D eigenvalue weighted by Gasteiger charge is -2.26. The molecule has 0 saturated heterocycles. The minimum Gasteiger partial charge on any atom is -0.119 e. The number of hydrogen-bond donors (Lipinski definition) is 0. The minimum absolute atomic E-state index is 0.213. The predicted molar refractivity (Wildman–Crippen MR) is 77.3 cm³/mol. The van der Waals surface area contributed by atoms with E-state index in [-0.39, 0.29) is 5.41 Å². The van der Waals surface area contributed by atoms with Crippen LogP contribution in [0.4, 0.5) is 0 Å². The third-order valence-electron chi connectivity index (χ3n) is 4.69. The Balaban J connectivity index is 2.18. The molecular weight excluding hydrogens is 216 g/mol. The van der Waals surface area contributed by atoms with Crippen molar-refractivity contribution in [1.29, 1.82) is 0 Å². The summed E-state index contributed by atoms with van der Waals surface area (Å²) in [5, 5.41) is 0. The molecule has 0 heterocycles. The topological polar surface area (TPSA) is 0 Å². The van der Waals surface area contributed by atoms with Crippen LogP contribution >= 0.6 is 0 Å². The Morgan fingerprint density at radius 1 is 1.28 bits per heavy atom. The Kier molecular flexibility index (Phi) is 2.54. The maximum absolute atomic E-state index is 3.52. The van der Waals surface area contributed by atoms with Gasteiger partial charge in [0.1, 0.15) is 0 Å². The summed E-state index contributed by atoms with van der Waals surface area (Å²) in [4.78, 5) is 0. The van der Waals surface area contributed by atoms with Gasteiger partial charge in [0.05, 0.1) is 0 Å². The maximum atomic E-state index is 3.52. The predicted octanol–water partition coefficient (Wildman–Crippen LogP) is 5.11. The standard InChI is InChI=1S/C18H22/c1-12-9-13(2)11-17-15(10-12)14-7-5-6-8-16(14)18(17,3)4/h6,8,11,15H,5,7,10H2,1-4H3. The molecule has 0 aromatic carbocycles. The van der Waals surface area contributed by atoms with Crippen molar-refractivity contribution in [2.75, 3.05) is 0 Å². The molecule has 1 atom stereocenters. The fraction of sp³-hybridized carbons (Fsp3) is 0.500. The Hall–Kier alpha value is -1.26. The average Bonchev–Trinajstić information content (AvgIpc) is 2.45.